The Bertz CT molecular complexity index is 660. The number of nitrogens with zero attached hydrogens (tertiary/aromatic N) is 1. The van der Waals surface area contributed by atoms with Gasteiger partial charge >= 0.3 is 6.03 Å². The number of hydrogen-bond acceptors (Lipinski definition) is 3. The summed E-state index contributed by atoms with van der Waals surface area (Å²) in [4.78, 5) is 25.0. The minimum absolute atomic E-state index is 0.0274. The number of amidine groups is 1. The lowest BCUT2D eigenvalue weighted by Crippen LogP contribution is -2.36. The molecule has 0 atom stereocenters. The van der Waals surface area contributed by atoms with E-state index in [-0.39, 0.29) is 11.9 Å². The predicted octanol–water partition coefficient (Wildman–Crippen LogP) is 3.73. The second-order valence-electron chi connectivity index (χ2n) is 5.59. The minimum atomic E-state index is -0.937. The van der Waals surface area contributed by atoms with Crippen LogP contribution in [0.1, 0.15) is 50.4 Å². The average Bonchev–Trinajstić information content (AvgIpc) is 2.60. The molecule has 0 radical (unpaired) electrons. The average molecular weight is 354 g/mol. The summed E-state index contributed by atoms with van der Waals surface area (Å²) in [5.41, 5.74) is -0.811. The lowest BCUT2D eigenvalue weighted by Gasteiger charge is -2.19. The maximum absolute atomic E-state index is 14.2. The molecule has 3 amide bonds. The minimum Gasteiger partial charge on any atom is -0.349 e. The first-order valence-corrected chi connectivity index (χ1v) is 8.17. The number of rotatable bonds is 6. The topological polar surface area (TPSA) is 85.3 Å². The Balaban J connectivity index is 2.97. The maximum atomic E-state index is 14.2. The van der Waals surface area contributed by atoms with Gasteiger partial charge in [-0.25, -0.2) is 13.6 Å². The molecule has 0 bridgehead atoms. The van der Waals surface area contributed by atoms with Gasteiger partial charge in [0, 0.05) is 25.6 Å². The number of nitrogens with one attached hydrogen (secondary N) is 3. The number of carbonyl (C=O) groups is 2. The van der Waals surface area contributed by atoms with Gasteiger partial charge in [-0.1, -0.05) is 20.8 Å². The Morgan fingerprint density at radius 1 is 1.16 bits per heavy atom. The normalized spacial score (nSPS) is 10.5. The summed E-state index contributed by atoms with van der Waals surface area (Å²) < 4.78 is 28.3. The molecule has 3 N–H and O–H groups in total. The zero-order valence-electron chi connectivity index (χ0n) is 14.9. The van der Waals surface area contributed by atoms with Crippen LogP contribution in [-0.4, -0.2) is 35.8 Å². The summed E-state index contributed by atoms with van der Waals surface area (Å²) in [6, 6.07) is 0.633. The Morgan fingerprint density at radius 2 is 1.76 bits per heavy atom. The highest BCUT2D eigenvalue weighted by Crippen LogP contribution is 2.20. The molecule has 0 aliphatic carbocycles. The summed E-state index contributed by atoms with van der Waals surface area (Å²) in [6.07, 6.45) is 1.67. The molecular weight excluding hydrogens is 330 g/mol. The maximum Gasteiger partial charge on any atom is 0.327 e. The molecular formula is C17H24F2N4O2. The van der Waals surface area contributed by atoms with Crippen molar-refractivity contribution in [2.24, 2.45) is 0 Å². The fourth-order valence-electron chi connectivity index (χ4n) is 2.13. The highest BCUT2D eigenvalue weighted by atomic mass is 19.1. The van der Waals surface area contributed by atoms with E-state index in [2.05, 4.69) is 10.6 Å². The van der Waals surface area contributed by atoms with Gasteiger partial charge in [0.1, 0.15) is 17.5 Å². The number of anilines is 1. The molecule has 1 aromatic rings. The summed E-state index contributed by atoms with van der Waals surface area (Å²) >= 11 is 0. The van der Waals surface area contributed by atoms with Gasteiger partial charge in [0.2, 0.25) is 0 Å². The molecule has 138 valence electrons. The molecule has 0 saturated heterocycles. The quantitative estimate of drug-likeness (QED) is 0.537. The van der Waals surface area contributed by atoms with Crippen molar-refractivity contribution in [2.45, 2.75) is 46.1 Å². The zero-order chi connectivity index (χ0) is 19.1. The second kappa shape index (κ2) is 9.10. The highest BCUT2D eigenvalue weighted by Gasteiger charge is 2.20. The summed E-state index contributed by atoms with van der Waals surface area (Å²) in [7, 11) is 1.35. The van der Waals surface area contributed by atoms with Gasteiger partial charge in [-0.15, -0.1) is 0 Å². The Kier molecular flexibility index (Phi) is 7.47. The molecule has 1 rings (SSSR count). The molecule has 0 spiro atoms. The van der Waals surface area contributed by atoms with Crippen LogP contribution in [0.2, 0.25) is 0 Å². The number of carbonyl (C=O) groups excluding carboxylic acids is 2. The number of urea groups is 1. The van der Waals surface area contributed by atoms with E-state index in [1.54, 1.807) is 6.92 Å². The third kappa shape index (κ3) is 5.23. The van der Waals surface area contributed by atoms with Gasteiger partial charge in [0.05, 0.1) is 11.3 Å². The highest BCUT2D eigenvalue weighted by molar-refractivity contribution is 6.02. The van der Waals surface area contributed by atoms with Crippen LogP contribution in [0.15, 0.2) is 12.1 Å². The first-order chi connectivity index (χ1) is 11.7. The van der Waals surface area contributed by atoms with E-state index in [1.165, 1.54) is 7.05 Å². The third-order valence-electron chi connectivity index (χ3n) is 3.91. The molecule has 6 nitrogen and oxygen atoms in total. The summed E-state index contributed by atoms with van der Waals surface area (Å²) in [6.45, 7) is 5.46. The molecule has 25 heavy (non-hydrogen) atoms. The molecule has 0 fully saturated rings. The number of benzene rings is 1. The molecule has 0 saturated carbocycles. The van der Waals surface area contributed by atoms with Crippen LogP contribution in [0.4, 0.5) is 19.3 Å². The SMILES string of the molecule is CCC(=N)N(C)C(=O)Nc1cc(F)c(C(=O)NC(CC)CC)cc1F. The van der Waals surface area contributed by atoms with Gasteiger partial charge in [0.15, 0.2) is 0 Å². The molecule has 0 aromatic heterocycles. The number of amides is 3. The first kappa shape index (κ1) is 20.5. The van der Waals surface area contributed by atoms with E-state index < -0.39 is 34.8 Å². The Hall–Kier alpha value is -2.51. The van der Waals surface area contributed by atoms with Crippen molar-refractivity contribution in [2.75, 3.05) is 12.4 Å². The van der Waals surface area contributed by atoms with E-state index in [0.29, 0.717) is 19.3 Å². The van der Waals surface area contributed by atoms with E-state index >= 15 is 0 Å². The van der Waals surface area contributed by atoms with Crippen LogP contribution >= 0.6 is 0 Å². The van der Waals surface area contributed by atoms with Gasteiger partial charge in [-0.05, 0) is 18.9 Å². The van der Waals surface area contributed by atoms with Crippen molar-refractivity contribution < 1.29 is 18.4 Å². The van der Waals surface area contributed by atoms with Crippen LogP contribution < -0.4 is 10.6 Å². The van der Waals surface area contributed by atoms with Gasteiger partial charge < -0.3 is 10.6 Å². The van der Waals surface area contributed by atoms with E-state index in [0.717, 1.165) is 17.0 Å². The fourth-order valence-corrected chi connectivity index (χ4v) is 2.13. The van der Waals surface area contributed by atoms with Crippen LogP contribution in [0.25, 0.3) is 0 Å². The Morgan fingerprint density at radius 3 is 2.28 bits per heavy atom. The van der Waals surface area contributed by atoms with Crippen molar-refractivity contribution in [3.8, 4) is 0 Å². The third-order valence-corrected chi connectivity index (χ3v) is 3.91. The van der Waals surface area contributed by atoms with Crippen LogP contribution in [0, 0.1) is 17.0 Å². The molecule has 0 aliphatic rings. The standard InChI is InChI=1S/C17H24F2N4O2/c1-5-10(6-2)21-16(24)11-8-13(19)14(9-12(11)18)22-17(25)23(4)15(20)7-3/h8-10,20H,5-7H2,1-4H3,(H,21,24)(H,22,25). The van der Waals surface area contributed by atoms with Crippen LogP contribution in [0.3, 0.4) is 0 Å². The summed E-state index contributed by atoms with van der Waals surface area (Å²) in [5.74, 6) is -2.54. The van der Waals surface area contributed by atoms with E-state index in [1.807, 2.05) is 13.8 Å². The first-order valence-electron chi connectivity index (χ1n) is 8.17. The largest absolute Gasteiger partial charge is 0.349 e. The molecule has 8 heteroatoms. The second-order valence-corrected chi connectivity index (χ2v) is 5.59. The van der Waals surface area contributed by atoms with Crippen molar-refractivity contribution in [1.29, 1.82) is 5.41 Å². The monoisotopic (exact) mass is 354 g/mol. The lowest BCUT2D eigenvalue weighted by atomic mass is 10.1. The van der Waals surface area contributed by atoms with E-state index in [9.17, 15) is 18.4 Å². The van der Waals surface area contributed by atoms with Crippen LogP contribution in [-0.2, 0) is 0 Å². The van der Waals surface area contributed by atoms with Gasteiger partial charge in [-0.2, -0.15) is 0 Å². The van der Waals surface area contributed by atoms with Crippen LogP contribution in [0.5, 0.6) is 0 Å². The number of hydrogen-bond donors (Lipinski definition) is 3. The molecule has 0 heterocycles. The van der Waals surface area contributed by atoms with Crippen molar-refractivity contribution >= 4 is 23.5 Å². The molecule has 0 aliphatic heterocycles. The number of halogens is 2. The molecule has 0 unspecified atom stereocenters. The van der Waals surface area contributed by atoms with Crippen molar-refractivity contribution in [3.05, 3.63) is 29.3 Å². The smallest absolute Gasteiger partial charge is 0.327 e. The van der Waals surface area contributed by atoms with Gasteiger partial charge in [0.25, 0.3) is 5.91 Å². The van der Waals surface area contributed by atoms with Crippen molar-refractivity contribution in [1.82, 2.24) is 10.2 Å². The lowest BCUT2D eigenvalue weighted by molar-refractivity contribution is 0.0930. The van der Waals surface area contributed by atoms with Gasteiger partial charge in [-0.3, -0.25) is 15.1 Å². The van der Waals surface area contributed by atoms with Crippen molar-refractivity contribution in [3.63, 3.8) is 0 Å². The zero-order valence-corrected chi connectivity index (χ0v) is 14.9. The Labute approximate surface area is 146 Å². The summed E-state index contributed by atoms with van der Waals surface area (Å²) in [5, 5.41) is 12.4. The predicted molar refractivity (Wildman–Crippen MR) is 93.0 cm³/mol. The fraction of sp³-hybridized carbons (Fsp3) is 0.471. The molecule has 1 aromatic carbocycles. The van der Waals surface area contributed by atoms with E-state index in [4.69, 9.17) is 5.41 Å².